The first kappa shape index (κ1) is 8.75. The molecule has 1 fully saturated rings. The van der Waals surface area contributed by atoms with Crippen molar-refractivity contribution in [2.45, 2.75) is 25.9 Å². The minimum atomic E-state index is 0.453. The Morgan fingerprint density at radius 3 is 3.09 bits per heavy atom. The highest BCUT2D eigenvalue weighted by atomic mass is 16.5. The molecule has 1 rings (SSSR count). The first-order valence-corrected chi connectivity index (χ1v) is 4.26. The Morgan fingerprint density at radius 1 is 1.73 bits per heavy atom. The second-order valence-corrected chi connectivity index (χ2v) is 3.22. The molecule has 1 saturated heterocycles. The van der Waals surface area contributed by atoms with Crippen molar-refractivity contribution in [1.29, 1.82) is 0 Å². The van der Waals surface area contributed by atoms with Gasteiger partial charge in [-0.25, -0.2) is 0 Å². The van der Waals surface area contributed by atoms with Crippen molar-refractivity contribution in [3.05, 3.63) is 12.2 Å². The van der Waals surface area contributed by atoms with E-state index in [9.17, 15) is 0 Å². The van der Waals surface area contributed by atoms with Crippen LogP contribution in [0.2, 0.25) is 0 Å². The van der Waals surface area contributed by atoms with E-state index >= 15 is 0 Å². The SMILES string of the molecule is C=C(C)CNCC1CCCO1. The van der Waals surface area contributed by atoms with Crippen LogP contribution in [-0.4, -0.2) is 25.8 Å². The molecule has 2 nitrogen and oxygen atoms in total. The molecule has 0 aromatic heterocycles. The summed E-state index contributed by atoms with van der Waals surface area (Å²) in [7, 11) is 0. The molecular formula is C9H17NO. The Hall–Kier alpha value is -0.340. The lowest BCUT2D eigenvalue weighted by Gasteiger charge is -2.09. The molecule has 1 aliphatic heterocycles. The summed E-state index contributed by atoms with van der Waals surface area (Å²) in [5.74, 6) is 0. The van der Waals surface area contributed by atoms with Gasteiger partial charge < -0.3 is 10.1 Å². The molecule has 1 atom stereocenters. The molecule has 0 radical (unpaired) electrons. The van der Waals surface area contributed by atoms with Crippen LogP contribution < -0.4 is 5.32 Å². The molecule has 0 bridgehead atoms. The molecule has 0 amide bonds. The Bertz CT molecular complexity index is 128. The van der Waals surface area contributed by atoms with Gasteiger partial charge in [0, 0.05) is 19.7 Å². The van der Waals surface area contributed by atoms with Gasteiger partial charge in [-0.05, 0) is 19.8 Å². The van der Waals surface area contributed by atoms with Gasteiger partial charge in [0.15, 0.2) is 0 Å². The minimum Gasteiger partial charge on any atom is -0.377 e. The highest BCUT2D eigenvalue weighted by molar-refractivity contribution is 4.90. The summed E-state index contributed by atoms with van der Waals surface area (Å²) in [4.78, 5) is 0. The van der Waals surface area contributed by atoms with Crippen molar-refractivity contribution in [1.82, 2.24) is 5.32 Å². The number of ether oxygens (including phenoxy) is 1. The third-order valence-corrected chi connectivity index (χ3v) is 1.82. The van der Waals surface area contributed by atoms with Crippen molar-refractivity contribution >= 4 is 0 Å². The zero-order valence-corrected chi connectivity index (χ0v) is 7.23. The van der Waals surface area contributed by atoms with Crippen LogP contribution in [0.1, 0.15) is 19.8 Å². The summed E-state index contributed by atoms with van der Waals surface area (Å²) < 4.78 is 5.44. The maximum atomic E-state index is 5.44. The highest BCUT2D eigenvalue weighted by Crippen LogP contribution is 2.10. The van der Waals surface area contributed by atoms with Crippen LogP contribution in [0.3, 0.4) is 0 Å². The lowest BCUT2D eigenvalue weighted by Crippen LogP contribution is -2.27. The fourth-order valence-electron chi connectivity index (χ4n) is 1.25. The molecule has 0 aromatic carbocycles. The van der Waals surface area contributed by atoms with E-state index in [1.807, 2.05) is 6.92 Å². The Morgan fingerprint density at radius 2 is 2.55 bits per heavy atom. The molecular weight excluding hydrogens is 138 g/mol. The van der Waals surface area contributed by atoms with E-state index in [0.29, 0.717) is 6.10 Å². The summed E-state index contributed by atoms with van der Waals surface area (Å²) in [5.41, 5.74) is 1.18. The standard InChI is InChI=1S/C9H17NO/c1-8(2)6-10-7-9-4-3-5-11-9/h9-10H,1,3-7H2,2H3. The van der Waals surface area contributed by atoms with Crippen molar-refractivity contribution in [2.75, 3.05) is 19.7 Å². The van der Waals surface area contributed by atoms with E-state index in [1.54, 1.807) is 0 Å². The molecule has 2 heteroatoms. The number of nitrogens with one attached hydrogen (secondary N) is 1. The van der Waals surface area contributed by atoms with Gasteiger partial charge in [0.1, 0.15) is 0 Å². The average Bonchev–Trinajstić information content (AvgIpc) is 2.39. The van der Waals surface area contributed by atoms with Gasteiger partial charge in [-0.2, -0.15) is 0 Å². The van der Waals surface area contributed by atoms with Crippen LogP contribution in [0.4, 0.5) is 0 Å². The van der Waals surface area contributed by atoms with Crippen molar-refractivity contribution in [2.24, 2.45) is 0 Å². The maximum Gasteiger partial charge on any atom is 0.0700 e. The zero-order valence-electron chi connectivity index (χ0n) is 7.23. The number of hydrogen-bond acceptors (Lipinski definition) is 2. The summed E-state index contributed by atoms with van der Waals surface area (Å²) in [6.07, 6.45) is 2.89. The molecule has 0 aliphatic carbocycles. The molecule has 64 valence electrons. The van der Waals surface area contributed by atoms with Gasteiger partial charge in [-0.1, -0.05) is 12.2 Å². The van der Waals surface area contributed by atoms with Gasteiger partial charge in [0.05, 0.1) is 6.10 Å². The van der Waals surface area contributed by atoms with E-state index in [-0.39, 0.29) is 0 Å². The van der Waals surface area contributed by atoms with Gasteiger partial charge in [-0.3, -0.25) is 0 Å². The summed E-state index contributed by atoms with van der Waals surface area (Å²) in [6, 6.07) is 0. The van der Waals surface area contributed by atoms with E-state index in [4.69, 9.17) is 4.74 Å². The predicted octanol–water partition coefficient (Wildman–Crippen LogP) is 1.33. The molecule has 0 spiro atoms. The highest BCUT2D eigenvalue weighted by Gasteiger charge is 2.13. The van der Waals surface area contributed by atoms with Gasteiger partial charge in [-0.15, -0.1) is 0 Å². The third kappa shape index (κ3) is 3.54. The largest absolute Gasteiger partial charge is 0.377 e. The zero-order chi connectivity index (χ0) is 8.10. The second kappa shape index (κ2) is 4.52. The normalized spacial score (nSPS) is 23.9. The molecule has 11 heavy (non-hydrogen) atoms. The lowest BCUT2D eigenvalue weighted by molar-refractivity contribution is 0.111. The van der Waals surface area contributed by atoms with Crippen LogP contribution in [0.15, 0.2) is 12.2 Å². The molecule has 1 aliphatic rings. The predicted molar refractivity (Wildman–Crippen MR) is 46.7 cm³/mol. The fourth-order valence-corrected chi connectivity index (χ4v) is 1.25. The summed E-state index contributed by atoms with van der Waals surface area (Å²) in [5, 5.41) is 3.30. The first-order chi connectivity index (χ1) is 5.29. The molecule has 0 saturated carbocycles. The lowest BCUT2D eigenvalue weighted by atomic mass is 10.2. The summed E-state index contributed by atoms with van der Waals surface area (Å²) in [6.45, 7) is 8.69. The van der Waals surface area contributed by atoms with E-state index in [2.05, 4.69) is 11.9 Å². The Kier molecular flexibility index (Phi) is 3.60. The van der Waals surface area contributed by atoms with Gasteiger partial charge in [0.25, 0.3) is 0 Å². The Balaban J connectivity index is 1.98. The van der Waals surface area contributed by atoms with Crippen LogP contribution >= 0.6 is 0 Å². The maximum absolute atomic E-state index is 5.44. The first-order valence-electron chi connectivity index (χ1n) is 4.26. The number of hydrogen-bond donors (Lipinski definition) is 1. The van der Waals surface area contributed by atoms with Gasteiger partial charge in [0.2, 0.25) is 0 Å². The van der Waals surface area contributed by atoms with E-state index < -0.39 is 0 Å². The third-order valence-electron chi connectivity index (χ3n) is 1.82. The minimum absolute atomic E-state index is 0.453. The molecule has 0 aromatic rings. The smallest absolute Gasteiger partial charge is 0.0700 e. The fraction of sp³-hybridized carbons (Fsp3) is 0.778. The van der Waals surface area contributed by atoms with Gasteiger partial charge >= 0.3 is 0 Å². The Labute approximate surface area is 68.6 Å². The summed E-state index contributed by atoms with van der Waals surface area (Å²) >= 11 is 0. The van der Waals surface area contributed by atoms with Crippen LogP contribution in [0, 0.1) is 0 Å². The van der Waals surface area contributed by atoms with E-state index in [0.717, 1.165) is 19.7 Å². The van der Waals surface area contributed by atoms with Crippen LogP contribution in [0.5, 0.6) is 0 Å². The van der Waals surface area contributed by atoms with E-state index in [1.165, 1.54) is 18.4 Å². The molecule has 1 heterocycles. The number of rotatable bonds is 4. The quantitative estimate of drug-likeness (QED) is 0.618. The second-order valence-electron chi connectivity index (χ2n) is 3.22. The van der Waals surface area contributed by atoms with Crippen molar-refractivity contribution in [3.8, 4) is 0 Å². The van der Waals surface area contributed by atoms with Crippen molar-refractivity contribution < 1.29 is 4.74 Å². The average molecular weight is 155 g/mol. The van der Waals surface area contributed by atoms with Crippen molar-refractivity contribution in [3.63, 3.8) is 0 Å². The van der Waals surface area contributed by atoms with Crippen LogP contribution in [-0.2, 0) is 4.74 Å². The topological polar surface area (TPSA) is 21.3 Å². The molecule has 1 unspecified atom stereocenters. The van der Waals surface area contributed by atoms with Crippen LogP contribution in [0.25, 0.3) is 0 Å². The monoisotopic (exact) mass is 155 g/mol. The molecule has 1 N–H and O–H groups in total.